The van der Waals surface area contributed by atoms with Gasteiger partial charge >= 0.3 is 0 Å². The van der Waals surface area contributed by atoms with Crippen molar-refractivity contribution >= 4 is 54.7 Å². The van der Waals surface area contributed by atoms with Crippen molar-refractivity contribution in [3.8, 4) is 0 Å². The Morgan fingerprint density at radius 1 is 1.40 bits per heavy atom. The Bertz CT molecular complexity index is 913. The van der Waals surface area contributed by atoms with Gasteiger partial charge in [0.15, 0.2) is 5.82 Å². The van der Waals surface area contributed by atoms with Gasteiger partial charge in [0.25, 0.3) is 0 Å². The van der Waals surface area contributed by atoms with E-state index >= 15 is 0 Å². The predicted octanol–water partition coefficient (Wildman–Crippen LogP) is 2.50. The molecule has 2 aromatic rings. The maximum atomic E-state index is 12.3. The summed E-state index contributed by atoms with van der Waals surface area (Å²) in [6.07, 6.45) is 2.98. The Morgan fingerprint density at radius 2 is 2.16 bits per heavy atom. The molecular weight excluding hydrogens is 384 g/mol. The number of fused-ring (bicyclic) bond motifs is 1. The van der Waals surface area contributed by atoms with Crippen LogP contribution in [0.15, 0.2) is 5.38 Å². The normalized spacial score (nSPS) is 21.7. The van der Waals surface area contributed by atoms with Gasteiger partial charge in [-0.1, -0.05) is 0 Å². The molecular formula is C15H19ClN4O3S2. The van der Waals surface area contributed by atoms with E-state index in [9.17, 15) is 8.42 Å². The maximum absolute atomic E-state index is 12.3. The average molecular weight is 403 g/mol. The summed E-state index contributed by atoms with van der Waals surface area (Å²) < 4.78 is 32.5. The SMILES string of the molecule is C[C@@H]1COCCN1c1nc(Cl)nc2c(N(C3CC3)S(C)(=O)=O)csc12. The molecule has 3 heterocycles. The van der Waals surface area contributed by atoms with Crippen LogP contribution in [0.5, 0.6) is 0 Å². The molecule has 136 valence electrons. The zero-order valence-electron chi connectivity index (χ0n) is 14.0. The molecule has 0 spiro atoms. The fourth-order valence-electron chi connectivity index (χ4n) is 3.21. The maximum Gasteiger partial charge on any atom is 0.232 e. The van der Waals surface area contributed by atoms with Crippen molar-refractivity contribution in [3.63, 3.8) is 0 Å². The van der Waals surface area contributed by atoms with Gasteiger partial charge in [0, 0.05) is 18.0 Å². The number of thiophene rings is 1. The number of morpholine rings is 1. The van der Waals surface area contributed by atoms with Crippen molar-refractivity contribution in [1.29, 1.82) is 0 Å². The van der Waals surface area contributed by atoms with E-state index in [1.54, 1.807) is 0 Å². The highest BCUT2D eigenvalue weighted by atomic mass is 35.5. The van der Waals surface area contributed by atoms with Crippen molar-refractivity contribution < 1.29 is 13.2 Å². The molecule has 7 nitrogen and oxygen atoms in total. The molecule has 2 fully saturated rings. The van der Waals surface area contributed by atoms with Crippen molar-refractivity contribution in [3.05, 3.63) is 10.7 Å². The lowest BCUT2D eigenvalue weighted by Gasteiger charge is -2.34. The number of anilines is 2. The largest absolute Gasteiger partial charge is 0.377 e. The van der Waals surface area contributed by atoms with Crippen molar-refractivity contribution in [2.75, 3.05) is 35.2 Å². The van der Waals surface area contributed by atoms with E-state index in [1.807, 2.05) is 5.38 Å². The number of nitrogens with zero attached hydrogens (tertiary/aromatic N) is 4. The first-order valence-corrected chi connectivity index (χ1v) is 11.3. The summed E-state index contributed by atoms with van der Waals surface area (Å²) in [4.78, 5) is 11.0. The lowest BCUT2D eigenvalue weighted by molar-refractivity contribution is 0.0987. The standard InChI is InChI=1S/C15H19ClN4O3S2/c1-9-7-23-6-5-19(9)14-13-12(17-15(16)18-14)11(8-24-13)20(10-3-4-10)25(2,21)22/h8-10H,3-7H2,1-2H3/t9-/m1/s1. The lowest BCUT2D eigenvalue weighted by Crippen LogP contribution is -2.44. The molecule has 1 atom stereocenters. The van der Waals surface area contributed by atoms with Gasteiger partial charge in [0.2, 0.25) is 15.3 Å². The van der Waals surface area contributed by atoms with Crippen LogP contribution in [0.1, 0.15) is 19.8 Å². The number of hydrogen-bond donors (Lipinski definition) is 0. The summed E-state index contributed by atoms with van der Waals surface area (Å²) in [5.41, 5.74) is 1.22. The van der Waals surface area contributed by atoms with Crippen molar-refractivity contribution in [2.45, 2.75) is 31.8 Å². The number of aromatic nitrogens is 2. The van der Waals surface area contributed by atoms with Gasteiger partial charge in [-0.05, 0) is 31.4 Å². The van der Waals surface area contributed by atoms with Crippen molar-refractivity contribution in [1.82, 2.24) is 9.97 Å². The van der Waals surface area contributed by atoms with Crippen LogP contribution in [0.3, 0.4) is 0 Å². The monoisotopic (exact) mass is 402 g/mol. The average Bonchev–Trinajstić information content (AvgIpc) is 3.27. The first-order chi connectivity index (χ1) is 11.9. The van der Waals surface area contributed by atoms with Crippen molar-refractivity contribution in [2.24, 2.45) is 0 Å². The number of ether oxygens (including phenoxy) is 1. The van der Waals surface area contributed by atoms with E-state index in [-0.39, 0.29) is 17.4 Å². The van der Waals surface area contributed by atoms with E-state index in [0.29, 0.717) is 24.4 Å². The first-order valence-electron chi connectivity index (χ1n) is 8.15. The Hall–Kier alpha value is -1.16. The zero-order valence-corrected chi connectivity index (χ0v) is 16.4. The molecule has 1 aliphatic heterocycles. The quantitative estimate of drug-likeness (QED) is 0.731. The fraction of sp³-hybridized carbons (Fsp3) is 0.600. The van der Waals surface area contributed by atoms with E-state index in [1.165, 1.54) is 21.9 Å². The van der Waals surface area contributed by atoms with Crippen LogP contribution in [0.4, 0.5) is 11.5 Å². The molecule has 0 amide bonds. The molecule has 2 aromatic heterocycles. The van der Waals surface area contributed by atoms with Crippen LogP contribution in [0, 0.1) is 0 Å². The van der Waals surface area contributed by atoms with Gasteiger partial charge in [0.1, 0.15) is 5.52 Å². The number of hydrogen-bond acceptors (Lipinski definition) is 7. The molecule has 0 bridgehead atoms. The third-order valence-electron chi connectivity index (χ3n) is 4.46. The topological polar surface area (TPSA) is 75.6 Å². The van der Waals surface area contributed by atoms with E-state index in [2.05, 4.69) is 21.8 Å². The molecule has 1 aliphatic carbocycles. The second-order valence-electron chi connectivity index (χ2n) is 6.52. The first kappa shape index (κ1) is 17.3. The van der Waals surface area contributed by atoms with Crippen LogP contribution in [0.2, 0.25) is 5.28 Å². The van der Waals surface area contributed by atoms with Gasteiger partial charge in [-0.15, -0.1) is 11.3 Å². The Balaban J connectivity index is 1.86. The molecule has 25 heavy (non-hydrogen) atoms. The Kier molecular flexibility index (Phi) is 4.30. The second kappa shape index (κ2) is 6.22. The van der Waals surface area contributed by atoms with Gasteiger partial charge < -0.3 is 9.64 Å². The fourth-order valence-corrected chi connectivity index (χ4v) is 5.68. The Morgan fingerprint density at radius 3 is 2.80 bits per heavy atom. The summed E-state index contributed by atoms with van der Waals surface area (Å²) in [7, 11) is -3.37. The summed E-state index contributed by atoms with van der Waals surface area (Å²) >= 11 is 7.65. The minimum Gasteiger partial charge on any atom is -0.377 e. The van der Waals surface area contributed by atoms with Crippen LogP contribution >= 0.6 is 22.9 Å². The number of rotatable bonds is 4. The molecule has 1 saturated carbocycles. The second-order valence-corrected chi connectivity index (χ2v) is 9.60. The van der Waals surface area contributed by atoms with E-state index < -0.39 is 10.0 Å². The molecule has 0 unspecified atom stereocenters. The highest BCUT2D eigenvalue weighted by molar-refractivity contribution is 7.92. The molecule has 0 radical (unpaired) electrons. The summed E-state index contributed by atoms with van der Waals surface area (Å²) in [6.45, 7) is 4.04. The molecule has 4 rings (SSSR count). The van der Waals surface area contributed by atoms with E-state index in [4.69, 9.17) is 16.3 Å². The number of sulfonamides is 1. The number of halogens is 1. The highest BCUT2D eigenvalue weighted by Gasteiger charge is 2.37. The molecule has 10 heteroatoms. The van der Waals surface area contributed by atoms with Gasteiger partial charge in [-0.25, -0.2) is 13.4 Å². The third kappa shape index (κ3) is 3.18. The summed E-state index contributed by atoms with van der Waals surface area (Å²) in [5.74, 6) is 0.756. The smallest absolute Gasteiger partial charge is 0.232 e. The Labute approximate surface area is 155 Å². The molecule has 2 aliphatic rings. The predicted molar refractivity (Wildman–Crippen MR) is 100 cm³/mol. The van der Waals surface area contributed by atoms with Crippen LogP contribution < -0.4 is 9.21 Å². The van der Waals surface area contributed by atoms with Crippen LogP contribution in [0.25, 0.3) is 10.2 Å². The lowest BCUT2D eigenvalue weighted by atomic mass is 10.2. The molecule has 0 aromatic carbocycles. The van der Waals surface area contributed by atoms with Gasteiger partial charge in [0.05, 0.1) is 35.9 Å². The third-order valence-corrected chi connectivity index (χ3v) is 6.80. The summed E-state index contributed by atoms with van der Waals surface area (Å²) in [5, 5.41) is 1.98. The minimum atomic E-state index is -3.37. The van der Waals surface area contributed by atoms with Crippen LogP contribution in [-0.2, 0) is 14.8 Å². The molecule has 1 saturated heterocycles. The summed E-state index contributed by atoms with van der Waals surface area (Å²) in [6, 6.07) is 0.190. The minimum absolute atomic E-state index is 0.0206. The molecule has 0 N–H and O–H groups in total. The van der Waals surface area contributed by atoms with Gasteiger partial charge in [-0.2, -0.15) is 4.98 Å². The van der Waals surface area contributed by atoms with Gasteiger partial charge in [-0.3, -0.25) is 4.31 Å². The zero-order chi connectivity index (χ0) is 17.8. The van der Waals surface area contributed by atoms with Crippen LogP contribution in [-0.4, -0.2) is 56.5 Å². The highest BCUT2D eigenvalue weighted by Crippen LogP contribution is 2.43. The van der Waals surface area contributed by atoms with E-state index in [0.717, 1.165) is 29.9 Å².